The molecule has 1 amide bonds. The lowest BCUT2D eigenvalue weighted by atomic mass is 10.1. The molecule has 2 aromatic heterocycles. The highest BCUT2D eigenvalue weighted by atomic mass is 32.1. The van der Waals surface area contributed by atoms with E-state index in [9.17, 15) is 4.79 Å². The maximum Gasteiger partial charge on any atom is 0.286 e. The molecular weight excluding hydrogens is 362 g/mol. The van der Waals surface area contributed by atoms with Crippen molar-refractivity contribution in [1.29, 1.82) is 0 Å². The molecule has 3 aromatic rings. The van der Waals surface area contributed by atoms with Gasteiger partial charge in [-0.1, -0.05) is 35.5 Å². The van der Waals surface area contributed by atoms with E-state index in [4.69, 9.17) is 4.52 Å². The Hall–Kier alpha value is -2.58. The summed E-state index contributed by atoms with van der Waals surface area (Å²) >= 11 is 1.30. The maximum atomic E-state index is 12.4. The predicted molar refractivity (Wildman–Crippen MR) is 105 cm³/mol. The minimum atomic E-state index is -0.239. The Balaban J connectivity index is 1.59. The van der Waals surface area contributed by atoms with Gasteiger partial charge in [0.25, 0.3) is 5.91 Å². The molecule has 3 rings (SSSR count). The van der Waals surface area contributed by atoms with E-state index in [1.165, 1.54) is 16.9 Å². The highest BCUT2D eigenvalue weighted by Crippen LogP contribution is 2.18. The molecule has 0 unspecified atom stereocenters. The van der Waals surface area contributed by atoms with Crippen LogP contribution < -0.4 is 5.32 Å². The van der Waals surface area contributed by atoms with Crippen molar-refractivity contribution in [3.05, 3.63) is 56.9 Å². The molecule has 1 aromatic carbocycles. The number of nitrogens with zero attached hydrogens (tertiary/aromatic N) is 4. The first-order chi connectivity index (χ1) is 13.0. The van der Waals surface area contributed by atoms with Crippen molar-refractivity contribution in [3.63, 3.8) is 0 Å². The average molecular weight is 385 g/mol. The fourth-order valence-corrected chi connectivity index (χ4v) is 3.52. The van der Waals surface area contributed by atoms with Crippen molar-refractivity contribution >= 4 is 22.9 Å². The number of aromatic nitrogens is 3. The Morgan fingerprint density at radius 2 is 1.93 bits per heavy atom. The van der Waals surface area contributed by atoms with Gasteiger partial charge in [0.2, 0.25) is 5.01 Å². The predicted octanol–water partition coefficient (Wildman–Crippen LogP) is 3.59. The molecule has 0 spiro atoms. The lowest BCUT2D eigenvalue weighted by Crippen LogP contribution is -2.17. The first-order valence-corrected chi connectivity index (χ1v) is 9.61. The number of hydrogen-bond acceptors (Lipinski definition) is 7. The zero-order valence-electron chi connectivity index (χ0n) is 15.9. The summed E-state index contributed by atoms with van der Waals surface area (Å²) in [7, 11) is 1.99. The number of hydrogen-bond donors (Lipinski definition) is 1. The highest BCUT2D eigenvalue weighted by Gasteiger charge is 2.16. The van der Waals surface area contributed by atoms with Crippen LogP contribution in [0.4, 0.5) is 5.69 Å². The smallest absolute Gasteiger partial charge is 0.286 e. The molecule has 27 heavy (non-hydrogen) atoms. The summed E-state index contributed by atoms with van der Waals surface area (Å²) in [5.74, 6) is 0.585. The normalized spacial score (nSPS) is 11.1. The number of rotatable bonds is 7. The summed E-state index contributed by atoms with van der Waals surface area (Å²) in [5.41, 5.74) is 3.96. The largest absolute Gasteiger partial charge is 0.361 e. The number of anilines is 1. The van der Waals surface area contributed by atoms with Crippen molar-refractivity contribution in [2.75, 3.05) is 12.4 Å². The molecule has 142 valence electrons. The minimum absolute atomic E-state index is 0.239. The van der Waals surface area contributed by atoms with E-state index in [1.54, 1.807) is 0 Å². The maximum absolute atomic E-state index is 12.4. The summed E-state index contributed by atoms with van der Waals surface area (Å²) in [6.45, 7) is 7.23. The Morgan fingerprint density at radius 1 is 1.19 bits per heavy atom. The molecule has 0 saturated heterocycles. The Labute approximate surface area is 162 Å². The summed E-state index contributed by atoms with van der Waals surface area (Å²) in [6.07, 6.45) is 0.968. The number of benzene rings is 1. The lowest BCUT2D eigenvalue weighted by Gasteiger charge is -2.14. The van der Waals surface area contributed by atoms with Gasteiger partial charge >= 0.3 is 0 Å². The van der Waals surface area contributed by atoms with Crippen molar-refractivity contribution in [1.82, 2.24) is 20.3 Å². The van der Waals surface area contributed by atoms with Crippen LogP contribution in [0, 0.1) is 13.8 Å². The van der Waals surface area contributed by atoms with Crippen molar-refractivity contribution < 1.29 is 9.32 Å². The van der Waals surface area contributed by atoms with Crippen LogP contribution in [0.1, 0.15) is 44.3 Å². The first-order valence-electron chi connectivity index (χ1n) is 8.79. The number of carbonyl (C=O) groups is 1. The number of amides is 1. The Kier molecular flexibility index (Phi) is 5.98. The highest BCUT2D eigenvalue weighted by molar-refractivity contribution is 7.13. The van der Waals surface area contributed by atoms with Crippen LogP contribution in [0.5, 0.6) is 0 Å². The summed E-state index contributed by atoms with van der Waals surface area (Å²) in [5, 5.41) is 16.2. The molecule has 0 saturated carbocycles. The second-order valence-corrected chi connectivity index (χ2v) is 7.54. The second kappa shape index (κ2) is 8.41. The Morgan fingerprint density at radius 3 is 2.56 bits per heavy atom. The minimum Gasteiger partial charge on any atom is -0.361 e. The quantitative estimate of drug-likeness (QED) is 0.669. The standard InChI is InChI=1S/C19H23N5O2S/c1-5-14-6-8-15(9-7-14)20-18(25)19-22-21-17(27-19)11-24(4)10-16-12(2)23-26-13(16)3/h6-9H,5,10-11H2,1-4H3,(H,20,25). The molecular formula is C19H23N5O2S. The van der Waals surface area contributed by atoms with Crippen LogP contribution in [-0.4, -0.2) is 33.2 Å². The third-order valence-electron chi connectivity index (χ3n) is 4.30. The van der Waals surface area contributed by atoms with Crippen LogP contribution in [0.15, 0.2) is 28.8 Å². The first kappa shape index (κ1) is 19.2. The molecule has 7 nitrogen and oxygen atoms in total. The Bertz CT molecular complexity index is 897. The van der Waals surface area contributed by atoms with E-state index in [-0.39, 0.29) is 5.91 Å². The average Bonchev–Trinajstić information content (AvgIpc) is 3.24. The molecule has 0 radical (unpaired) electrons. The van der Waals surface area contributed by atoms with E-state index < -0.39 is 0 Å². The molecule has 0 atom stereocenters. The van der Waals surface area contributed by atoms with Crippen molar-refractivity contribution in [3.8, 4) is 0 Å². The van der Waals surface area contributed by atoms with Gasteiger partial charge in [0.1, 0.15) is 10.8 Å². The van der Waals surface area contributed by atoms with E-state index in [2.05, 4.69) is 32.5 Å². The van der Waals surface area contributed by atoms with Crippen molar-refractivity contribution in [2.45, 2.75) is 40.3 Å². The number of nitrogens with one attached hydrogen (secondary N) is 1. The van der Waals surface area contributed by atoms with Gasteiger partial charge in [-0.15, -0.1) is 10.2 Å². The molecule has 2 heterocycles. The summed E-state index contributed by atoms with van der Waals surface area (Å²) < 4.78 is 5.20. The van der Waals surface area contributed by atoms with E-state index >= 15 is 0 Å². The van der Waals surface area contributed by atoms with Crippen LogP contribution >= 0.6 is 11.3 Å². The van der Waals surface area contributed by atoms with Gasteiger partial charge in [0.05, 0.1) is 12.2 Å². The van der Waals surface area contributed by atoms with E-state index in [0.29, 0.717) is 18.1 Å². The van der Waals surface area contributed by atoms with E-state index in [0.717, 1.165) is 34.1 Å². The van der Waals surface area contributed by atoms with Gasteiger partial charge in [-0.3, -0.25) is 9.69 Å². The molecule has 8 heteroatoms. The van der Waals surface area contributed by atoms with Gasteiger partial charge in [-0.05, 0) is 45.0 Å². The number of carbonyl (C=O) groups excluding carboxylic acids is 1. The molecule has 1 N–H and O–H groups in total. The fraction of sp³-hybridized carbons (Fsp3) is 0.368. The number of aryl methyl sites for hydroxylation is 3. The van der Waals surface area contributed by atoms with Gasteiger partial charge in [0, 0.05) is 17.8 Å². The van der Waals surface area contributed by atoms with Crippen LogP contribution in [0.3, 0.4) is 0 Å². The third-order valence-corrected chi connectivity index (χ3v) is 5.20. The molecule has 0 fully saturated rings. The molecule has 0 aliphatic rings. The fourth-order valence-electron chi connectivity index (χ4n) is 2.70. The van der Waals surface area contributed by atoms with E-state index in [1.807, 2.05) is 45.2 Å². The van der Waals surface area contributed by atoms with Gasteiger partial charge < -0.3 is 9.84 Å². The zero-order chi connectivity index (χ0) is 19.4. The second-order valence-electron chi connectivity index (χ2n) is 6.48. The molecule has 0 aliphatic heterocycles. The van der Waals surface area contributed by atoms with Crippen LogP contribution in [0.25, 0.3) is 0 Å². The zero-order valence-corrected chi connectivity index (χ0v) is 16.8. The van der Waals surface area contributed by atoms with Crippen LogP contribution in [-0.2, 0) is 19.5 Å². The molecule has 0 aliphatic carbocycles. The van der Waals surface area contributed by atoms with Gasteiger partial charge in [0.15, 0.2) is 0 Å². The monoisotopic (exact) mass is 385 g/mol. The topological polar surface area (TPSA) is 84.2 Å². The van der Waals surface area contributed by atoms with Gasteiger partial charge in [-0.25, -0.2) is 0 Å². The summed E-state index contributed by atoms with van der Waals surface area (Å²) in [4.78, 5) is 14.5. The van der Waals surface area contributed by atoms with Crippen molar-refractivity contribution in [2.24, 2.45) is 0 Å². The third kappa shape index (κ3) is 4.78. The van der Waals surface area contributed by atoms with Crippen LogP contribution in [0.2, 0.25) is 0 Å². The van der Waals surface area contributed by atoms with Gasteiger partial charge in [-0.2, -0.15) is 0 Å². The lowest BCUT2D eigenvalue weighted by molar-refractivity contribution is 0.102. The molecule has 0 bridgehead atoms. The summed E-state index contributed by atoms with van der Waals surface area (Å²) in [6, 6.07) is 7.81. The SMILES string of the molecule is CCc1ccc(NC(=O)c2nnc(CN(C)Cc3c(C)noc3C)s2)cc1.